The molecule has 0 saturated heterocycles. The monoisotopic (exact) mass is 307 g/mol. The van der Waals surface area contributed by atoms with Crippen molar-refractivity contribution in [2.75, 3.05) is 7.11 Å². The highest BCUT2D eigenvalue weighted by Gasteiger charge is 2.30. The van der Waals surface area contributed by atoms with E-state index < -0.39 is 6.36 Å². The molecule has 0 radical (unpaired) electrons. The number of alkyl halides is 3. The Morgan fingerprint density at radius 2 is 1.68 bits per heavy atom. The first-order chi connectivity index (χ1) is 10.3. The zero-order chi connectivity index (χ0) is 16.3. The maximum Gasteiger partial charge on any atom is 0.573 e. The predicted molar refractivity (Wildman–Crippen MR) is 74.6 cm³/mol. The van der Waals surface area contributed by atoms with E-state index in [1.807, 2.05) is 6.07 Å². The number of ether oxygens (including phenoxy) is 2. The van der Waals surface area contributed by atoms with Crippen LogP contribution in [0.2, 0.25) is 0 Å². The van der Waals surface area contributed by atoms with Gasteiger partial charge in [0.2, 0.25) is 0 Å². The Kier molecular flexibility index (Phi) is 4.27. The van der Waals surface area contributed by atoms with Crippen LogP contribution in [0, 0.1) is 18.3 Å². The number of nitriles is 1. The summed E-state index contributed by atoms with van der Waals surface area (Å²) in [4.78, 5) is 0. The minimum absolute atomic E-state index is 0.290. The molecule has 0 saturated carbocycles. The Hall–Kier alpha value is -2.68. The van der Waals surface area contributed by atoms with Crippen LogP contribution in [0.15, 0.2) is 36.4 Å². The Labute approximate surface area is 125 Å². The van der Waals surface area contributed by atoms with Gasteiger partial charge in [-0.05, 0) is 47.9 Å². The molecule has 0 N–H and O–H groups in total. The minimum atomic E-state index is -4.72. The molecule has 2 aromatic carbocycles. The highest BCUT2D eigenvalue weighted by Crippen LogP contribution is 2.31. The van der Waals surface area contributed by atoms with E-state index in [9.17, 15) is 13.2 Å². The lowest BCUT2D eigenvalue weighted by Gasteiger charge is -2.11. The number of hydrogen-bond donors (Lipinski definition) is 0. The average Bonchev–Trinajstić information content (AvgIpc) is 2.45. The first kappa shape index (κ1) is 15.7. The normalized spacial score (nSPS) is 10.9. The van der Waals surface area contributed by atoms with E-state index in [0.29, 0.717) is 22.4 Å². The second-order valence-electron chi connectivity index (χ2n) is 4.56. The van der Waals surface area contributed by atoms with Crippen LogP contribution in [0.25, 0.3) is 11.1 Å². The van der Waals surface area contributed by atoms with Gasteiger partial charge in [-0.1, -0.05) is 12.1 Å². The standard InChI is InChI=1S/C16H12F3NO2/c1-10-7-12(8-13(9-20)15(10)21-2)11-3-5-14(6-4-11)22-16(17,18)19/h3-8H,1-2H3. The molecule has 0 aliphatic rings. The summed E-state index contributed by atoms with van der Waals surface area (Å²) in [6.45, 7) is 1.80. The molecule has 0 aliphatic heterocycles. The lowest BCUT2D eigenvalue weighted by atomic mass is 9.99. The van der Waals surface area contributed by atoms with E-state index in [0.717, 1.165) is 5.56 Å². The number of aryl methyl sites for hydroxylation is 1. The van der Waals surface area contributed by atoms with Gasteiger partial charge in [-0.25, -0.2) is 0 Å². The molecule has 0 bridgehead atoms. The molecule has 0 spiro atoms. The first-order valence-electron chi connectivity index (χ1n) is 6.29. The van der Waals surface area contributed by atoms with Crippen molar-refractivity contribution in [3.63, 3.8) is 0 Å². The van der Waals surface area contributed by atoms with Gasteiger partial charge in [-0.15, -0.1) is 13.2 Å². The molecule has 0 fully saturated rings. The van der Waals surface area contributed by atoms with Gasteiger partial charge in [-0.3, -0.25) is 0 Å². The predicted octanol–water partition coefficient (Wildman–Crippen LogP) is 4.44. The maximum absolute atomic E-state index is 12.1. The zero-order valence-electron chi connectivity index (χ0n) is 11.9. The van der Waals surface area contributed by atoms with Gasteiger partial charge in [0.25, 0.3) is 0 Å². The summed E-state index contributed by atoms with van der Waals surface area (Å²) in [5.74, 6) is 0.199. The van der Waals surface area contributed by atoms with Crippen molar-refractivity contribution < 1.29 is 22.6 Å². The molecule has 2 rings (SSSR count). The molecule has 2 aromatic rings. The van der Waals surface area contributed by atoms with E-state index in [4.69, 9.17) is 10.00 Å². The van der Waals surface area contributed by atoms with E-state index in [2.05, 4.69) is 4.74 Å². The number of benzene rings is 2. The van der Waals surface area contributed by atoms with Gasteiger partial charge in [0.05, 0.1) is 12.7 Å². The van der Waals surface area contributed by atoms with Crippen LogP contribution in [0.1, 0.15) is 11.1 Å². The van der Waals surface area contributed by atoms with Crippen LogP contribution >= 0.6 is 0 Å². The topological polar surface area (TPSA) is 42.2 Å². The SMILES string of the molecule is COc1c(C)cc(-c2ccc(OC(F)(F)F)cc2)cc1C#N. The molecule has 3 nitrogen and oxygen atoms in total. The lowest BCUT2D eigenvalue weighted by molar-refractivity contribution is -0.274. The third-order valence-electron chi connectivity index (χ3n) is 3.02. The van der Waals surface area contributed by atoms with Gasteiger partial charge >= 0.3 is 6.36 Å². The van der Waals surface area contributed by atoms with Crippen LogP contribution in [0.4, 0.5) is 13.2 Å². The van der Waals surface area contributed by atoms with Crippen molar-refractivity contribution in [3.8, 4) is 28.7 Å². The fourth-order valence-corrected chi connectivity index (χ4v) is 2.14. The summed E-state index contributed by atoms with van der Waals surface area (Å²) in [6, 6.07) is 10.9. The molecule has 114 valence electrons. The zero-order valence-corrected chi connectivity index (χ0v) is 11.9. The van der Waals surface area contributed by atoms with Crippen LogP contribution < -0.4 is 9.47 Å². The molecule has 0 unspecified atom stereocenters. The summed E-state index contributed by atoms with van der Waals surface area (Å²) < 4.78 is 45.4. The first-order valence-corrected chi connectivity index (χ1v) is 6.29. The smallest absolute Gasteiger partial charge is 0.495 e. The van der Waals surface area contributed by atoms with Crippen molar-refractivity contribution in [2.24, 2.45) is 0 Å². The van der Waals surface area contributed by atoms with Gasteiger partial charge in [0.15, 0.2) is 0 Å². The van der Waals surface area contributed by atoms with Crippen molar-refractivity contribution >= 4 is 0 Å². The number of nitrogens with zero attached hydrogens (tertiary/aromatic N) is 1. The summed E-state index contributed by atoms with van der Waals surface area (Å²) in [6.07, 6.45) is -4.72. The molecule has 0 heterocycles. The number of rotatable bonds is 3. The number of methoxy groups -OCH3 is 1. The highest BCUT2D eigenvalue weighted by molar-refractivity contribution is 5.69. The van der Waals surface area contributed by atoms with Crippen LogP contribution in [-0.4, -0.2) is 13.5 Å². The quantitative estimate of drug-likeness (QED) is 0.842. The summed E-state index contributed by atoms with van der Waals surface area (Å²) in [7, 11) is 1.48. The molecule has 22 heavy (non-hydrogen) atoms. The third-order valence-corrected chi connectivity index (χ3v) is 3.02. The average molecular weight is 307 g/mol. The Balaban J connectivity index is 2.37. The molecular weight excluding hydrogens is 295 g/mol. The van der Waals surface area contributed by atoms with Gasteiger partial charge < -0.3 is 9.47 Å². The minimum Gasteiger partial charge on any atom is -0.495 e. The molecular formula is C16H12F3NO2. The van der Waals surface area contributed by atoms with E-state index >= 15 is 0 Å². The van der Waals surface area contributed by atoms with E-state index in [-0.39, 0.29) is 5.75 Å². The van der Waals surface area contributed by atoms with Gasteiger partial charge in [-0.2, -0.15) is 5.26 Å². The van der Waals surface area contributed by atoms with Crippen molar-refractivity contribution in [3.05, 3.63) is 47.5 Å². The van der Waals surface area contributed by atoms with Crippen LogP contribution in [-0.2, 0) is 0 Å². The number of halogens is 3. The second-order valence-corrected chi connectivity index (χ2v) is 4.56. The summed E-state index contributed by atoms with van der Waals surface area (Å²) in [5.41, 5.74) is 2.53. The Morgan fingerprint density at radius 1 is 1.05 bits per heavy atom. The van der Waals surface area contributed by atoms with Gasteiger partial charge in [0.1, 0.15) is 17.6 Å². The molecule has 0 atom stereocenters. The maximum atomic E-state index is 12.1. The molecule has 0 aromatic heterocycles. The third kappa shape index (κ3) is 3.50. The summed E-state index contributed by atoms with van der Waals surface area (Å²) >= 11 is 0. The number of hydrogen-bond acceptors (Lipinski definition) is 3. The lowest BCUT2D eigenvalue weighted by Crippen LogP contribution is -2.16. The second kappa shape index (κ2) is 5.98. The largest absolute Gasteiger partial charge is 0.573 e. The summed E-state index contributed by atoms with van der Waals surface area (Å²) in [5, 5.41) is 9.14. The van der Waals surface area contributed by atoms with Crippen molar-refractivity contribution in [2.45, 2.75) is 13.3 Å². The molecule has 0 aliphatic carbocycles. The molecule has 0 amide bonds. The van der Waals surface area contributed by atoms with Crippen molar-refractivity contribution in [1.82, 2.24) is 0 Å². The van der Waals surface area contributed by atoms with E-state index in [1.165, 1.54) is 31.4 Å². The fraction of sp³-hybridized carbons (Fsp3) is 0.188. The Bertz CT molecular complexity index is 716. The van der Waals surface area contributed by atoms with Crippen LogP contribution in [0.5, 0.6) is 11.5 Å². The Morgan fingerprint density at radius 3 is 2.18 bits per heavy atom. The fourth-order valence-electron chi connectivity index (χ4n) is 2.14. The van der Waals surface area contributed by atoms with Crippen molar-refractivity contribution in [1.29, 1.82) is 5.26 Å². The van der Waals surface area contributed by atoms with Gasteiger partial charge in [0, 0.05) is 0 Å². The van der Waals surface area contributed by atoms with E-state index in [1.54, 1.807) is 19.1 Å². The molecule has 6 heteroatoms. The highest BCUT2D eigenvalue weighted by atomic mass is 19.4. The van der Waals surface area contributed by atoms with Crippen LogP contribution in [0.3, 0.4) is 0 Å².